The van der Waals surface area contributed by atoms with Crippen LogP contribution in [0.3, 0.4) is 0 Å². The van der Waals surface area contributed by atoms with Crippen molar-refractivity contribution in [2.75, 3.05) is 19.7 Å². The number of benzene rings is 2. The number of carbonyl (C=O) groups is 2. The summed E-state index contributed by atoms with van der Waals surface area (Å²) in [4.78, 5) is 24.4. The summed E-state index contributed by atoms with van der Waals surface area (Å²) in [6, 6.07) is 13.4. The molecular weight excluding hydrogens is 418 g/mol. The lowest BCUT2D eigenvalue weighted by atomic mass is 9.82. The van der Waals surface area contributed by atoms with Crippen molar-refractivity contribution in [2.24, 2.45) is 0 Å². The summed E-state index contributed by atoms with van der Waals surface area (Å²) in [7, 11) is -3.57. The number of aliphatic hydroxyl groups excluding tert-OH is 1. The first-order valence-corrected chi connectivity index (χ1v) is 11.5. The van der Waals surface area contributed by atoms with Gasteiger partial charge in [0.15, 0.2) is 11.6 Å². The van der Waals surface area contributed by atoms with Crippen LogP contribution >= 0.6 is 0 Å². The molecule has 2 aromatic rings. The number of piperidine rings is 1. The van der Waals surface area contributed by atoms with E-state index in [-0.39, 0.29) is 30.2 Å². The van der Waals surface area contributed by atoms with Crippen LogP contribution in [-0.2, 0) is 14.8 Å². The Morgan fingerprint density at radius 3 is 2.52 bits per heavy atom. The fourth-order valence-corrected chi connectivity index (χ4v) is 5.47. The second-order valence-electron chi connectivity index (χ2n) is 7.82. The van der Waals surface area contributed by atoms with Gasteiger partial charge in [-0.25, -0.2) is 8.42 Å². The minimum atomic E-state index is -3.57. The van der Waals surface area contributed by atoms with Gasteiger partial charge in [-0.3, -0.25) is 9.59 Å². The zero-order valence-corrected chi connectivity index (χ0v) is 17.7. The van der Waals surface area contributed by atoms with E-state index >= 15 is 0 Å². The van der Waals surface area contributed by atoms with E-state index in [2.05, 4.69) is 0 Å². The third-order valence-corrected chi connectivity index (χ3v) is 7.66. The Morgan fingerprint density at radius 2 is 1.84 bits per heavy atom. The van der Waals surface area contributed by atoms with Gasteiger partial charge in [0.25, 0.3) is 0 Å². The lowest BCUT2D eigenvalue weighted by molar-refractivity contribution is -0.117. The number of hydrogen-bond acceptors (Lipinski definition) is 6. The number of nitrogens with zero attached hydrogens (tertiary/aromatic N) is 1. The van der Waals surface area contributed by atoms with E-state index in [0.717, 1.165) is 0 Å². The molecule has 0 unspecified atom stereocenters. The number of fused-ring (bicyclic) bond motifs is 1. The molecule has 2 aromatic carbocycles. The van der Waals surface area contributed by atoms with Crippen LogP contribution in [0.25, 0.3) is 6.08 Å². The summed E-state index contributed by atoms with van der Waals surface area (Å²) in [6.07, 6.45) is 3.85. The molecule has 0 amide bonds. The van der Waals surface area contributed by atoms with Crippen molar-refractivity contribution in [2.45, 2.75) is 29.8 Å². The van der Waals surface area contributed by atoms with Gasteiger partial charge in [0.1, 0.15) is 18.0 Å². The van der Waals surface area contributed by atoms with Crippen molar-refractivity contribution >= 4 is 27.7 Å². The van der Waals surface area contributed by atoms with E-state index in [0.29, 0.717) is 29.7 Å². The average molecular weight is 442 g/mol. The number of Topliss-reactive ketones (excluding diaryl/α,β-unsaturated/α-hetero) is 1. The Kier molecular flexibility index (Phi) is 5.79. The normalized spacial score (nSPS) is 18.7. The highest BCUT2D eigenvalue weighted by Crippen LogP contribution is 2.40. The summed E-state index contributed by atoms with van der Waals surface area (Å²) >= 11 is 0. The molecule has 8 heteroatoms. The topological polar surface area (TPSA) is 101 Å². The molecule has 1 fully saturated rings. The second-order valence-corrected chi connectivity index (χ2v) is 9.75. The predicted octanol–water partition coefficient (Wildman–Crippen LogP) is 2.45. The number of ketones is 2. The maximum Gasteiger partial charge on any atom is 0.243 e. The molecule has 0 aliphatic carbocycles. The number of aliphatic hydroxyl groups is 1. The van der Waals surface area contributed by atoms with Crippen molar-refractivity contribution in [3.63, 3.8) is 0 Å². The average Bonchev–Trinajstić information content (AvgIpc) is 2.78. The maximum atomic E-state index is 12.9. The van der Waals surface area contributed by atoms with E-state index in [1.807, 2.05) is 0 Å². The largest absolute Gasteiger partial charge is 0.486 e. The van der Waals surface area contributed by atoms with Crippen molar-refractivity contribution in [3.05, 3.63) is 65.7 Å². The Bertz CT molecular complexity index is 1130. The molecule has 1 spiro atoms. The summed E-state index contributed by atoms with van der Waals surface area (Å²) < 4.78 is 33.4. The van der Waals surface area contributed by atoms with Gasteiger partial charge in [0, 0.05) is 25.9 Å². The van der Waals surface area contributed by atoms with Crippen LogP contribution in [0.2, 0.25) is 0 Å². The minimum absolute atomic E-state index is 0.0654. The minimum Gasteiger partial charge on any atom is -0.486 e. The molecule has 2 heterocycles. The molecule has 0 atom stereocenters. The highest BCUT2D eigenvalue weighted by molar-refractivity contribution is 7.89. The first-order valence-electron chi connectivity index (χ1n) is 10.1. The summed E-state index contributed by atoms with van der Waals surface area (Å²) in [5.74, 6) is -0.0120. The van der Waals surface area contributed by atoms with Gasteiger partial charge in [-0.1, -0.05) is 30.3 Å². The van der Waals surface area contributed by atoms with Gasteiger partial charge < -0.3 is 9.84 Å². The molecule has 0 radical (unpaired) electrons. The van der Waals surface area contributed by atoms with Gasteiger partial charge in [0.2, 0.25) is 10.0 Å². The molecule has 4 rings (SSSR count). The van der Waals surface area contributed by atoms with E-state index in [1.165, 1.54) is 10.4 Å². The van der Waals surface area contributed by atoms with Crippen molar-refractivity contribution in [1.82, 2.24) is 4.31 Å². The van der Waals surface area contributed by atoms with Crippen LogP contribution in [0.4, 0.5) is 0 Å². The van der Waals surface area contributed by atoms with Gasteiger partial charge in [-0.2, -0.15) is 4.31 Å². The van der Waals surface area contributed by atoms with E-state index in [4.69, 9.17) is 9.84 Å². The molecule has 0 saturated carbocycles. The first-order chi connectivity index (χ1) is 14.8. The summed E-state index contributed by atoms with van der Waals surface area (Å²) in [6.45, 7) is -0.00310. The Hall–Kier alpha value is -2.81. The SMILES string of the molecule is O=C(/C=C/c1ccc2c(c1)C(=O)CC1(CCN(S(=O)(=O)c3ccccc3)CC1)O2)CO. The molecule has 1 saturated heterocycles. The van der Waals surface area contributed by atoms with Gasteiger partial charge in [0.05, 0.1) is 16.9 Å². The summed E-state index contributed by atoms with van der Waals surface area (Å²) in [5.41, 5.74) is 0.401. The molecule has 1 N–H and O–H groups in total. The van der Waals surface area contributed by atoms with Crippen LogP contribution in [0.1, 0.15) is 35.2 Å². The summed E-state index contributed by atoms with van der Waals surface area (Å²) in [5, 5.41) is 8.81. The van der Waals surface area contributed by atoms with Crippen LogP contribution in [-0.4, -0.2) is 54.7 Å². The van der Waals surface area contributed by atoms with Crippen molar-refractivity contribution in [1.29, 1.82) is 0 Å². The standard InChI is InChI=1S/C23H23NO6S/c25-16-18(26)8-6-17-7-9-22-20(14-17)21(27)15-23(30-22)10-12-24(13-11-23)31(28,29)19-4-2-1-3-5-19/h1-9,14,25H,10-13,15-16H2/b8-6+. The van der Waals surface area contributed by atoms with Gasteiger partial charge in [-0.15, -0.1) is 0 Å². The molecule has 31 heavy (non-hydrogen) atoms. The monoisotopic (exact) mass is 441 g/mol. The molecule has 162 valence electrons. The molecule has 2 aliphatic rings. The molecule has 7 nitrogen and oxygen atoms in total. The quantitative estimate of drug-likeness (QED) is 0.716. The van der Waals surface area contributed by atoms with Gasteiger partial charge >= 0.3 is 0 Å². The van der Waals surface area contributed by atoms with Crippen molar-refractivity contribution in [3.8, 4) is 5.75 Å². The first kappa shape index (κ1) is 21.4. The lowest BCUT2D eigenvalue weighted by Gasteiger charge is -2.43. The highest BCUT2D eigenvalue weighted by Gasteiger charge is 2.45. The van der Waals surface area contributed by atoms with Crippen LogP contribution in [0.15, 0.2) is 59.5 Å². The van der Waals surface area contributed by atoms with Gasteiger partial charge in [-0.05, 0) is 35.9 Å². The Morgan fingerprint density at radius 1 is 1.13 bits per heavy atom. The molecular formula is C23H23NO6S. The van der Waals surface area contributed by atoms with E-state index < -0.39 is 28.0 Å². The number of sulfonamides is 1. The predicted molar refractivity (Wildman–Crippen MR) is 114 cm³/mol. The fraction of sp³-hybridized carbons (Fsp3) is 0.304. The number of rotatable bonds is 5. The molecule has 0 aromatic heterocycles. The molecule has 0 bridgehead atoms. The number of ether oxygens (including phenoxy) is 1. The number of hydrogen-bond donors (Lipinski definition) is 1. The second kappa shape index (κ2) is 8.37. The molecule has 2 aliphatic heterocycles. The van der Waals surface area contributed by atoms with Crippen LogP contribution in [0, 0.1) is 0 Å². The van der Waals surface area contributed by atoms with Crippen LogP contribution in [0.5, 0.6) is 5.75 Å². The zero-order chi connectivity index (χ0) is 22.1. The Balaban J connectivity index is 1.49. The Labute approximate surface area is 181 Å². The van der Waals surface area contributed by atoms with E-state index in [1.54, 1.807) is 54.6 Å². The number of carbonyl (C=O) groups excluding carboxylic acids is 2. The third-order valence-electron chi connectivity index (χ3n) is 5.75. The lowest BCUT2D eigenvalue weighted by Crippen LogP contribution is -2.52. The fourth-order valence-electron chi connectivity index (χ4n) is 4.01. The maximum absolute atomic E-state index is 12.9. The highest BCUT2D eigenvalue weighted by atomic mass is 32.2. The smallest absolute Gasteiger partial charge is 0.243 e. The van der Waals surface area contributed by atoms with Crippen LogP contribution < -0.4 is 4.74 Å². The van der Waals surface area contributed by atoms with Crippen molar-refractivity contribution < 1.29 is 27.9 Å². The zero-order valence-electron chi connectivity index (χ0n) is 16.9. The third kappa shape index (κ3) is 4.32. The van der Waals surface area contributed by atoms with E-state index in [9.17, 15) is 18.0 Å².